The Balaban J connectivity index is 2.13. The highest BCUT2D eigenvalue weighted by Gasteiger charge is 2.13. The Morgan fingerprint density at radius 3 is 2.85 bits per heavy atom. The molecule has 1 aromatic carbocycles. The van der Waals surface area contributed by atoms with Crippen LogP contribution in [0.4, 0.5) is 0 Å². The van der Waals surface area contributed by atoms with Crippen molar-refractivity contribution >= 4 is 34.2 Å². The molecule has 108 valence electrons. The van der Waals surface area contributed by atoms with Gasteiger partial charge in [0.1, 0.15) is 0 Å². The molecule has 2 atom stereocenters. The van der Waals surface area contributed by atoms with E-state index in [0.29, 0.717) is 6.04 Å². The molecular formula is C15H19ClIN3. The second-order valence-electron chi connectivity index (χ2n) is 5.02. The van der Waals surface area contributed by atoms with Gasteiger partial charge in [0.05, 0.1) is 5.69 Å². The van der Waals surface area contributed by atoms with Crippen molar-refractivity contribution in [2.75, 3.05) is 0 Å². The summed E-state index contributed by atoms with van der Waals surface area (Å²) in [6.07, 6.45) is 3.82. The average molecular weight is 404 g/mol. The van der Waals surface area contributed by atoms with Crippen molar-refractivity contribution in [3.8, 4) is 0 Å². The average Bonchev–Trinajstić information content (AvgIpc) is 2.89. The molecule has 0 fully saturated rings. The second kappa shape index (κ2) is 6.91. The van der Waals surface area contributed by atoms with E-state index in [2.05, 4.69) is 41.5 Å². The van der Waals surface area contributed by atoms with Gasteiger partial charge in [0.15, 0.2) is 0 Å². The zero-order chi connectivity index (χ0) is 14.7. The van der Waals surface area contributed by atoms with Gasteiger partial charge < -0.3 is 5.73 Å². The smallest absolute Gasteiger partial charge is 0.0643 e. The van der Waals surface area contributed by atoms with E-state index in [1.54, 1.807) is 0 Å². The quantitative estimate of drug-likeness (QED) is 0.754. The zero-order valence-electron chi connectivity index (χ0n) is 11.7. The molecule has 20 heavy (non-hydrogen) atoms. The number of hydrogen-bond donors (Lipinski definition) is 1. The van der Waals surface area contributed by atoms with Crippen molar-refractivity contribution in [1.29, 1.82) is 0 Å². The molecule has 0 spiro atoms. The molecule has 2 N–H and O–H groups in total. The van der Waals surface area contributed by atoms with Crippen LogP contribution >= 0.6 is 34.2 Å². The summed E-state index contributed by atoms with van der Waals surface area (Å²) in [5, 5.41) is 5.32. The third kappa shape index (κ3) is 3.74. The summed E-state index contributed by atoms with van der Waals surface area (Å²) in [5.74, 6) is 0. The molecule has 0 amide bonds. The van der Waals surface area contributed by atoms with E-state index in [4.69, 9.17) is 17.3 Å². The molecule has 0 bridgehead atoms. The number of benzene rings is 1. The standard InChI is InChI=1S/C15H19ClIN3/c1-3-10(2)20-7-6-12(19-20)9-15(18)13-8-11(16)4-5-14(13)17/h4-8,10,15H,3,9,18H2,1-2H3. The predicted octanol–water partition coefficient (Wildman–Crippen LogP) is 4.35. The molecule has 0 aliphatic heterocycles. The number of nitrogens with zero attached hydrogens (tertiary/aromatic N) is 2. The van der Waals surface area contributed by atoms with E-state index >= 15 is 0 Å². The van der Waals surface area contributed by atoms with Gasteiger partial charge in [0.25, 0.3) is 0 Å². The van der Waals surface area contributed by atoms with Gasteiger partial charge in [-0.05, 0) is 65.8 Å². The second-order valence-corrected chi connectivity index (χ2v) is 6.62. The first-order chi connectivity index (χ1) is 9.51. The van der Waals surface area contributed by atoms with E-state index in [-0.39, 0.29) is 6.04 Å². The fourth-order valence-corrected chi connectivity index (χ4v) is 2.97. The first kappa shape index (κ1) is 15.8. The van der Waals surface area contributed by atoms with Crippen molar-refractivity contribution in [2.24, 2.45) is 5.73 Å². The van der Waals surface area contributed by atoms with E-state index in [1.165, 1.54) is 0 Å². The maximum atomic E-state index is 6.30. The fourth-order valence-electron chi connectivity index (χ4n) is 2.05. The minimum absolute atomic E-state index is 0.0825. The highest BCUT2D eigenvalue weighted by molar-refractivity contribution is 14.1. The molecule has 2 rings (SSSR count). The Kier molecular flexibility index (Phi) is 5.46. The lowest BCUT2D eigenvalue weighted by Crippen LogP contribution is -2.15. The summed E-state index contributed by atoms with van der Waals surface area (Å²) in [7, 11) is 0. The third-order valence-corrected chi connectivity index (χ3v) is 4.71. The lowest BCUT2D eigenvalue weighted by molar-refractivity contribution is 0.472. The number of hydrogen-bond acceptors (Lipinski definition) is 2. The van der Waals surface area contributed by atoms with Crippen molar-refractivity contribution in [3.63, 3.8) is 0 Å². The normalized spacial score (nSPS) is 14.2. The lowest BCUT2D eigenvalue weighted by Gasteiger charge is -2.13. The number of nitrogens with two attached hydrogens (primary N) is 1. The van der Waals surface area contributed by atoms with Crippen molar-refractivity contribution in [3.05, 3.63) is 50.3 Å². The van der Waals surface area contributed by atoms with Crippen LogP contribution in [0.25, 0.3) is 0 Å². The highest BCUT2D eigenvalue weighted by Crippen LogP contribution is 2.24. The Morgan fingerprint density at radius 1 is 1.40 bits per heavy atom. The van der Waals surface area contributed by atoms with Crippen molar-refractivity contribution in [1.82, 2.24) is 9.78 Å². The molecule has 3 nitrogen and oxygen atoms in total. The van der Waals surface area contributed by atoms with Gasteiger partial charge in [-0.2, -0.15) is 5.10 Å². The number of halogens is 2. The molecule has 5 heteroatoms. The molecule has 0 saturated carbocycles. The van der Waals surface area contributed by atoms with Gasteiger partial charge in [-0.1, -0.05) is 18.5 Å². The van der Waals surface area contributed by atoms with Crippen LogP contribution in [0.3, 0.4) is 0 Å². The Morgan fingerprint density at radius 2 is 2.15 bits per heavy atom. The largest absolute Gasteiger partial charge is 0.324 e. The third-order valence-electron chi connectivity index (χ3n) is 3.49. The predicted molar refractivity (Wildman–Crippen MR) is 92.0 cm³/mol. The molecule has 0 radical (unpaired) electrons. The van der Waals surface area contributed by atoms with Crippen LogP contribution in [0.5, 0.6) is 0 Å². The van der Waals surface area contributed by atoms with Crippen LogP contribution < -0.4 is 5.73 Å². The van der Waals surface area contributed by atoms with Crippen molar-refractivity contribution in [2.45, 2.75) is 38.8 Å². The summed E-state index contributed by atoms with van der Waals surface area (Å²) < 4.78 is 3.14. The summed E-state index contributed by atoms with van der Waals surface area (Å²) in [6, 6.07) is 8.21. The minimum Gasteiger partial charge on any atom is -0.324 e. The molecule has 1 heterocycles. The molecule has 0 aliphatic carbocycles. The summed E-state index contributed by atoms with van der Waals surface area (Å²) >= 11 is 8.34. The van der Waals surface area contributed by atoms with Crippen LogP contribution in [0.2, 0.25) is 5.02 Å². The molecule has 0 aliphatic rings. The van der Waals surface area contributed by atoms with Crippen molar-refractivity contribution < 1.29 is 0 Å². The molecule has 1 aromatic heterocycles. The van der Waals surface area contributed by atoms with Crippen LogP contribution in [-0.4, -0.2) is 9.78 Å². The van der Waals surface area contributed by atoms with Crippen LogP contribution in [0.1, 0.15) is 43.6 Å². The summed E-state index contributed by atoms with van der Waals surface area (Å²) in [4.78, 5) is 0. The monoisotopic (exact) mass is 403 g/mol. The highest BCUT2D eigenvalue weighted by atomic mass is 127. The first-order valence-electron chi connectivity index (χ1n) is 6.75. The van der Waals surface area contributed by atoms with Crippen LogP contribution in [0, 0.1) is 3.57 Å². The van der Waals surface area contributed by atoms with Gasteiger partial charge >= 0.3 is 0 Å². The summed E-state index contributed by atoms with van der Waals surface area (Å²) in [6.45, 7) is 4.32. The maximum absolute atomic E-state index is 6.30. The molecule has 2 unspecified atom stereocenters. The van der Waals surface area contributed by atoms with Gasteiger partial charge in [-0.25, -0.2) is 0 Å². The molecular weight excluding hydrogens is 385 g/mol. The SMILES string of the molecule is CCC(C)n1ccc(CC(N)c2cc(Cl)ccc2I)n1. The molecule has 2 aromatic rings. The van der Waals surface area contributed by atoms with Gasteiger partial charge in [0.2, 0.25) is 0 Å². The van der Waals surface area contributed by atoms with Gasteiger partial charge in [0, 0.05) is 33.3 Å². The van der Waals surface area contributed by atoms with Gasteiger partial charge in [-0.3, -0.25) is 4.68 Å². The minimum atomic E-state index is -0.0825. The molecule has 0 saturated heterocycles. The Bertz CT molecular complexity index is 582. The van der Waals surface area contributed by atoms with Crippen LogP contribution in [-0.2, 0) is 6.42 Å². The first-order valence-corrected chi connectivity index (χ1v) is 8.21. The van der Waals surface area contributed by atoms with E-state index in [9.17, 15) is 0 Å². The Hall–Kier alpha value is -0.590. The van der Waals surface area contributed by atoms with E-state index in [0.717, 1.165) is 32.7 Å². The topological polar surface area (TPSA) is 43.8 Å². The van der Waals surface area contributed by atoms with E-state index < -0.39 is 0 Å². The van der Waals surface area contributed by atoms with Gasteiger partial charge in [-0.15, -0.1) is 0 Å². The summed E-state index contributed by atoms with van der Waals surface area (Å²) in [5.41, 5.74) is 8.40. The fraction of sp³-hybridized carbons (Fsp3) is 0.400. The number of aromatic nitrogens is 2. The lowest BCUT2D eigenvalue weighted by atomic mass is 10.0. The maximum Gasteiger partial charge on any atom is 0.0643 e. The zero-order valence-corrected chi connectivity index (χ0v) is 14.6. The number of rotatable bonds is 5. The van der Waals surface area contributed by atoms with E-state index in [1.807, 2.05) is 35.1 Å². The van der Waals surface area contributed by atoms with Crippen LogP contribution in [0.15, 0.2) is 30.5 Å². The Labute approximate surface area is 138 Å².